The first-order valence-corrected chi connectivity index (χ1v) is 15.1. The zero-order valence-corrected chi connectivity index (χ0v) is 24.9. The standard InChI is InChI=1S/C29H27BrCl2N4O4/c1-37-24-11-16(7-10-21(24)30)28-33-29(35-40-28)36-17-8-9-18(36)13-19(12-17)38-14-20-26(34-39-27(20)15-5-6-15)25-22(31)3-2-4-23(25)32/h2-4,7,10-11,15,17-19H,5-6,8-9,12-14H2,1H3. The molecule has 2 aromatic carbocycles. The first-order valence-electron chi connectivity index (χ1n) is 13.5. The number of halogens is 3. The Morgan fingerprint density at radius 1 is 1.00 bits per heavy atom. The summed E-state index contributed by atoms with van der Waals surface area (Å²) < 4.78 is 24.3. The van der Waals surface area contributed by atoms with Gasteiger partial charge in [0.05, 0.1) is 34.3 Å². The number of piperidine rings is 1. The van der Waals surface area contributed by atoms with Crippen LogP contribution in [0.1, 0.15) is 55.8 Å². The number of benzene rings is 2. The number of rotatable bonds is 8. The van der Waals surface area contributed by atoms with Gasteiger partial charge in [-0.1, -0.05) is 34.4 Å². The molecule has 1 saturated carbocycles. The van der Waals surface area contributed by atoms with Crippen LogP contribution in [0.4, 0.5) is 5.95 Å². The smallest absolute Gasteiger partial charge is 0.266 e. The molecule has 2 saturated heterocycles. The molecule has 2 aliphatic heterocycles. The van der Waals surface area contributed by atoms with E-state index in [1.165, 1.54) is 0 Å². The Bertz CT molecular complexity index is 1520. The largest absolute Gasteiger partial charge is 0.496 e. The Morgan fingerprint density at radius 2 is 1.75 bits per heavy atom. The lowest BCUT2D eigenvalue weighted by molar-refractivity contribution is 0.0144. The van der Waals surface area contributed by atoms with Crippen molar-refractivity contribution in [2.75, 3.05) is 12.0 Å². The van der Waals surface area contributed by atoms with Gasteiger partial charge in [-0.3, -0.25) is 0 Å². The summed E-state index contributed by atoms with van der Waals surface area (Å²) in [4.78, 5) is 7.06. The monoisotopic (exact) mass is 644 g/mol. The molecule has 3 aliphatic rings. The van der Waals surface area contributed by atoms with E-state index in [1.54, 1.807) is 7.11 Å². The molecule has 2 unspecified atom stereocenters. The normalized spacial score (nSPS) is 22.2. The van der Waals surface area contributed by atoms with Crippen LogP contribution >= 0.6 is 39.1 Å². The molecule has 208 valence electrons. The summed E-state index contributed by atoms with van der Waals surface area (Å²) in [6.45, 7) is 0.411. The number of ether oxygens (including phenoxy) is 2. The van der Waals surface area contributed by atoms with Gasteiger partial charge in [0.25, 0.3) is 11.8 Å². The second-order valence-electron chi connectivity index (χ2n) is 10.7. The van der Waals surface area contributed by atoms with Crippen molar-refractivity contribution in [2.45, 2.75) is 69.2 Å². The number of hydrogen-bond acceptors (Lipinski definition) is 8. The quantitative estimate of drug-likeness (QED) is 0.190. The number of anilines is 1. The third kappa shape index (κ3) is 4.81. The predicted molar refractivity (Wildman–Crippen MR) is 155 cm³/mol. The summed E-state index contributed by atoms with van der Waals surface area (Å²) in [5.74, 6) is 3.11. The van der Waals surface area contributed by atoms with Crippen LogP contribution < -0.4 is 9.64 Å². The Balaban J connectivity index is 1.07. The minimum atomic E-state index is 0.104. The predicted octanol–water partition coefficient (Wildman–Crippen LogP) is 8.06. The molecule has 0 N–H and O–H groups in total. The summed E-state index contributed by atoms with van der Waals surface area (Å²) in [6.07, 6.45) is 6.22. The highest BCUT2D eigenvalue weighted by Crippen LogP contribution is 2.47. The van der Waals surface area contributed by atoms with Crippen molar-refractivity contribution in [3.05, 3.63) is 62.2 Å². The van der Waals surface area contributed by atoms with Gasteiger partial charge >= 0.3 is 0 Å². The van der Waals surface area contributed by atoms with Gasteiger partial charge in [-0.05, 0) is 89.9 Å². The van der Waals surface area contributed by atoms with Crippen molar-refractivity contribution in [1.82, 2.24) is 15.3 Å². The summed E-state index contributed by atoms with van der Waals surface area (Å²) in [5, 5.41) is 9.85. The molecular weight excluding hydrogens is 619 g/mol. The van der Waals surface area contributed by atoms with E-state index in [9.17, 15) is 0 Å². The molecule has 0 spiro atoms. The van der Waals surface area contributed by atoms with E-state index >= 15 is 0 Å². The maximum absolute atomic E-state index is 6.57. The fourth-order valence-electron chi connectivity index (χ4n) is 6.07. The molecule has 2 atom stereocenters. The highest BCUT2D eigenvalue weighted by atomic mass is 79.9. The van der Waals surface area contributed by atoms with Crippen molar-refractivity contribution in [2.24, 2.45) is 0 Å². The van der Waals surface area contributed by atoms with Crippen molar-refractivity contribution in [1.29, 1.82) is 0 Å². The van der Waals surface area contributed by atoms with Gasteiger partial charge in [0, 0.05) is 34.7 Å². The lowest BCUT2D eigenvalue weighted by atomic mass is 9.99. The Labute approximate surface area is 250 Å². The maximum atomic E-state index is 6.57. The minimum Gasteiger partial charge on any atom is -0.496 e. The fourth-order valence-corrected chi connectivity index (χ4v) is 7.05. The van der Waals surface area contributed by atoms with Crippen LogP contribution in [0.15, 0.2) is 49.9 Å². The molecule has 2 bridgehead atoms. The van der Waals surface area contributed by atoms with Crippen molar-refractivity contribution >= 4 is 45.1 Å². The molecule has 8 nitrogen and oxygen atoms in total. The number of aromatic nitrogens is 3. The van der Waals surface area contributed by atoms with Crippen LogP contribution in [0.2, 0.25) is 10.0 Å². The van der Waals surface area contributed by atoms with E-state index in [2.05, 4.69) is 31.1 Å². The second kappa shape index (κ2) is 10.7. The Morgan fingerprint density at radius 3 is 2.45 bits per heavy atom. The van der Waals surface area contributed by atoms with Gasteiger partial charge in [0.2, 0.25) is 0 Å². The topological polar surface area (TPSA) is 86.7 Å². The molecular formula is C29H27BrCl2N4O4. The van der Waals surface area contributed by atoms with Gasteiger partial charge in [-0.25, -0.2) is 0 Å². The van der Waals surface area contributed by atoms with Gasteiger partial charge in [-0.2, -0.15) is 4.98 Å². The summed E-state index contributed by atoms with van der Waals surface area (Å²) in [6, 6.07) is 11.8. The van der Waals surface area contributed by atoms with Gasteiger partial charge in [0.15, 0.2) is 0 Å². The zero-order chi connectivity index (χ0) is 27.4. The van der Waals surface area contributed by atoms with Crippen LogP contribution in [-0.4, -0.2) is 40.6 Å². The van der Waals surface area contributed by atoms with E-state index < -0.39 is 0 Å². The zero-order valence-electron chi connectivity index (χ0n) is 21.8. The van der Waals surface area contributed by atoms with Crippen LogP contribution in [0.25, 0.3) is 22.7 Å². The molecule has 0 radical (unpaired) electrons. The molecule has 1 aliphatic carbocycles. The fraction of sp³-hybridized carbons (Fsp3) is 0.414. The molecule has 2 aromatic heterocycles. The van der Waals surface area contributed by atoms with E-state index in [0.29, 0.717) is 51.4 Å². The van der Waals surface area contributed by atoms with Crippen LogP contribution in [0, 0.1) is 0 Å². The molecule has 11 heteroatoms. The molecule has 4 heterocycles. The number of methoxy groups -OCH3 is 1. The van der Waals surface area contributed by atoms with Crippen LogP contribution in [-0.2, 0) is 11.3 Å². The molecule has 4 aromatic rings. The Hall–Kier alpha value is -2.59. The van der Waals surface area contributed by atoms with Crippen molar-refractivity contribution < 1.29 is 18.5 Å². The van der Waals surface area contributed by atoms with Crippen LogP contribution in [0.3, 0.4) is 0 Å². The van der Waals surface area contributed by atoms with Crippen LogP contribution in [0.5, 0.6) is 5.75 Å². The van der Waals surface area contributed by atoms with E-state index in [0.717, 1.165) is 59.9 Å². The maximum Gasteiger partial charge on any atom is 0.266 e. The third-order valence-corrected chi connectivity index (χ3v) is 9.45. The first-order chi connectivity index (χ1) is 19.5. The molecule has 0 amide bonds. The van der Waals surface area contributed by atoms with Gasteiger partial charge < -0.3 is 23.4 Å². The lowest BCUT2D eigenvalue weighted by Gasteiger charge is -2.37. The average Bonchev–Trinajstić information content (AvgIpc) is 3.42. The highest BCUT2D eigenvalue weighted by Gasteiger charge is 2.43. The average molecular weight is 646 g/mol. The summed E-state index contributed by atoms with van der Waals surface area (Å²) >= 11 is 16.6. The first kappa shape index (κ1) is 26.3. The number of hydrogen-bond donors (Lipinski definition) is 0. The van der Waals surface area contributed by atoms with E-state index in [-0.39, 0.29) is 18.2 Å². The van der Waals surface area contributed by atoms with Crippen molar-refractivity contribution in [3.63, 3.8) is 0 Å². The number of fused-ring (bicyclic) bond motifs is 2. The second-order valence-corrected chi connectivity index (χ2v) is 12.4. The van der Waals surface area contributed by atoms with Gasteiger partial charge in [0.1, 0.15) is 17.2 Å². The Kier molecular flexibility index (Phi) is 7.02. The molecule has 3 fully saturated rings. The molecule has 40 heavy (non-hydrogen) atoms. The lowest BCUT2D eigenvalue weighted by Crippen LogP contribution is -2.46. The SMILES string of the molecule is COc1cc(-c2nc(N3C4CCC3CC(OCc3c(-c5c(Cl)cccc5Cl)noc3C3CC3)C4)no2)ccc1Br. The van der Waals surface area contributed by atoms with E-state index in [4.69, 9.17) is 46.7 Å². The highest BCUT2D eigenvalue weighted by molar-refractivity contribution is 9.10. The summed E-state index contributed by atoms with van der Waals surface area (Å²) in [5.41, 5.74) is 3.16. The van der Waals surface area contributed by atoms with Crippen molar-refractivity contribution in [3.8, 4) is 28.5 Å². The number of nitrogens with zero attached hydrogens (tertiary/aromatic N) is 4. The molecule has 7 rings (SSSR count). The van der Waals surface area contributed by atoms with Gasteiger partial charge in [-0.15, -0.1) is 0 Å². The third-order valence-electron chi connectivity index (χ3n) is 8.16. The summed E-state index contributed by atoms with van der Waals surface area (Å²) in [7, 11) is 1.63. The minimum absolute atomic E-state index is 0.104. The van der Waals surface area contributed by atoms with E-state index in [1.807, 2.05) is 36.4 Å².